The predicted octanol–water partition coefficient (Wildman–Crippen LogP) is -1.72. The molecule has 0 atom stereocenters. The van der Waals surface area contributed by atoms with Gasteiger partial charge in [-0.05, 0) is 0 Å². The Balaban J connectivity index is 0. The number of aliphatic carboxylic acids is 4. The van der Waals surface area contributed by atoms with Gasteiger partial charge in [0.1, 0.15) is 0 Å². The van der Waals surface area contributed by atoms with Gasteiger partial charge >= 0.3 is 23.9 Å². The number of hydrogen-bond acceptors (Lipinski definition) is 6. The van der Waals surface area contributed by atoms with Crippen molar-refractivity contribution in [2.24, 2.45) is 11.5 Å². The van der Waals surface area contributed by atoms with Gasteiger partial charge in [0.2, 0.25) is 0 Å². The van der Waals surface area contributed by atoms with E-state index < -0.39 is 60.6 Å². The van der Waals surface area contributed by atoms with Gasteiger partial charge in [-0.15, -0.1) is 0 Å². The summed E-state index contributed by atoms with van der Waals surface area (Å²) in [4.78, 5) is 43.2. The summed E-state index contributed by atoms with van der Waals surface area (Å²) in [7, 11) is 0. The van der Waals surface area contributed by atoms with E-state index in [0.717, 1.165) is 0 Å². The summed E-state index contributed by atoms with van der Waals surface area (Å²) >= 11 is 0. The van der Waals surface area contributed by atoms with E-state index in [-0.39, 0.29) is 19.5 Å². The fraction of sp³-hybridized carbons (Fsp3) is 0.600. The third-order valence-corrected chi connectivity index (χ3v) is 2.86. The standard InChI is InChI=1S/C10H16N2O8.Zn/c11-9(1-5(13)14,2-6(15)16)10(12,3-7(17)18)4-8(19)20;/h1-4,11-12H2,(H,13,14)(H,15,16)(H,17,18)(H,19,20);. The molecule has 10 nitrogen and oxygen atoms in total. The van der Waals surface area contributed by atoms with Crippen LogP contribution in [0.1, 0.15) is 25.7 Å². The maximum atomic E-state index is 10.8. The van der Waals surface area contributed by atoms with E-state index in [9.17, 15) is 19.2 Å². The van der Waals surface area contributed by atoms with Gasteiger partial charge in [-0.2, -0.15) is 0 Å². The van der Waals surface area contributed by atoms with Crippen LogP contribution in [0.5, 0.6) is 0 Å². The Kier molecular flexibility index (Phi) is 8.28. The molecule has 0 radical (unpaired) electrons. The summed E-state index contributed by atoms with van der Waals surface area (Å²) in [5.74, 6) is -6.06. The quantitative estimate of drug-likeness (QED) is 0.257. The topological polar surface area (TPSA) is 201 Å². The first-order valence-corrected chi connectivity index (χ1v) is 5.37. The van der Waals surface area contributed by atoms with Crippen LogP contribution < -0.4 is 11.5 Å². The number of carbonyl (C=O) groups is 4. The molecule has 0 saturated carbocycles. The average Bonchev–Trinajstić information content (AvgIpc) is 2.10. The van der Waals surface area contributed by atoms with E-state index >= 15 is 0 Å². The molecule has 0 bridgehead atoms. The van der Waals surface area contributed by atoms with Crippen LogP contribution in [0.3, 0.4) is 0 Å². The zero-order chi connectivity index (χ0) is 16.1. The van der Waals surface area contributed by atoms with Gasteiger partial charge in [-0.1, -0.05) is 0 Å². The zero-order valence-corrected chi connectivity index (χ0v) is 14.1. The monoisotopic (exact) mass is 356 g/mol. The first-order valence-electron chi connectivity index (χ1n) is 5.37. The van der Waals surface area contributed by atoms with E-state index in [1.165, 1.54) is 0 Å². The zero-order valence-electron chi connectivity index (χ0n) is 11.1. The summed E-state index contributed by atoms with van der Waals surface area (Å²) in [5.41, 5.74) is 6.88. The molecule has 21 heavy (non-hydrogen) atoms. The third kappa shape index (κ3) is 6.61. The molecule has 0 aromatic rings. The van der Waals surface area contributed by atoms with Crippen LogP contribution in [0, 0.1) is 0 Å². The van der Waals surface area contributed by atoms with Crippen molar-refractivity contribution < 1.29 is 59.1 Å². The minimum atomic E-state index is -2.22. The molecule has 8 N–H and O–H groups in total. The second-order valence-electron chi connectivity index (χ2n) is 4.59. The molecule has 0 aromatic heterocycles. The fourth-order valence-corrected chi connectivity index (χ4v) is 1.91. The van der Waals surface area contributed by atoms with E-state index in [4.69, 9.17) is 31.9 Å². The van der Waals surface area contributed by atoms with Crippen molar-refractivity contribution >= 4 is 23.9 Å². The maximum Gasteiger partial charge on any atom is 0.305 e. The van der Waals surface area contributed by atoms with E-state index in [0.29, 0.717) is 0 Å². The first kappa shape index (κ1) is 21.7. The van der Waals surface area contributed by atoms with Gasteiger partial charge in [0.15, 0.2) is 0 Å². The molecule has 0 heterocycles. The minimum absolute atomic E-state index is 0. The van der Waals surface area contributed by atoms with Gasteiger partial charge in [-0.3, -0.25) is 19.2 Å². The molecule has 116 valence electrons. The van der Waals surface area contributed by atoms with Crippen LogP contribution in [-0.2, 0) is 38.7 Å². The Hall–Kier alpha value is -1.58. The molecule has 0 aliphatic heterocycles. The van der Waals surface area contributed by atoms with Gasteiger partial charge in [0.25, 0.3) is 0 Å². The second kappa shape index (κ2) is 8.01. The smallest absolute Gasteiger partial charge is 0.305 e. The average molecular weight is 358 g/mol. The molecule has 0 aliphatic carbocycles. The van der Waals surface area contributed by atoms with Crippen molar-refractivity contribution in [1.82, 2.24) is 0 Å². The molecular formula is C10H16N2O8Zn. The number of carboxylic acids is 4. The summed E-state index contributed by atoms with van der Waals surface area (Å²) in [5, 5.41) is 35.1. The van der Waals surface area contributed by atoms with Crippen molar-refractivity contribution in [3.05, 3.63) is 0 Å². The number of rotatable bonds is 9. The van der Waals surface area contributed by atoms with Crippen LogP contribution in [0.2, 0.25) is 0 Å². The minimum Gasteiger partial charge on any atom is -0.481 e. The molecule has 0 fully saturated rings. The van der Waals surface area contributed by atoms with E-state index in [1.54, 1.807) is 0 Å². The summed E-state index contributed by atoms with van der Waals surface area (Å²) < 4.78 is 0. The second-order valence-corrected chi connectivity index (χ2v) is 4.59. The van der Waals surface area contributed by atoms with Crippen LogP contribution in [0.15, 0.2) is 0 Å². The Morgan fingerprint density at radius 2 is 0.762 bits per heavy atom. The van der Waals surface area contributed by atoms with Crippen molar-refractivity contribution in [2.75, 3.05) is 0 Å². The third-order valence-electron chi connectivity index (χ3n) is 2.86. The van der Waals surface area contributed by atoms with E-state index in [1.807, 2.05) is 0 Å². The molecule has 0 spiro atoms. The summed E-state index contributed by atoms with van der Waals surface area (Å²) in [6.45, 7) is 0. The molecule has 0 unspecified atom stereocenters. The molecular weight excluding hydrogens is 342 g/mol. The van der Waals surface area contributed by atoms with Crippen molar-refractivity contribution in [3.63, 3.8) is 0 Å². The van der Waals surface area contributed by atoms with Gasteiger partial charge in [0, 0.05) is 19.5 Å². The predicted molar refractivity (Wildman–Crippen MR) is 62.8 cm³/mol. The van der Waals surface area contributed by atoms with Crippen molar-refractivity contribution in [3.8, 4) is 0 Å². The van der Waals surface area contributed by atoms with Crippen LogP contribution in [0.4, 0.5) is 0 Å². The van der Waals surface area contributed by atoms with Gasteiger partial charge < -0.3 is 31.9 Å². The Morgan fingerprint density at radius 1 is 0.619 bits per heavy atom. The Morgan fingerprint density at radius 3 is 0.857 bits per heavy atom. The largest absolute Gasteiger partial charge is 0.481 e. The summed E-state index contributed by atoms with van der Waals surface area (Å²) in [6, 6.07) is 0. The Labute approximate surface area is 131 Å². The number of carboxylic acid groups (broad SMARTS) is 4. The van der Waals surface area contributed by atoms with Gasteiger partial charge in [0.05, 0.1) is 36.8 Å². The maximum absolute atomic E-state index is 10.8. The SMILES string of the molecule is NC(CC(=O)O)(CC(=O)O)C(N)(CC(=O)O)CC(=O)O.[Zn]. The van der Waals surface area contributed by atoms with Crippen LogP contribution in [-0.4, -0.2) is 55.4 Å². The normalized spacial score (nSPS) is 11.3. The summed E-state index contributed by atoms with van der Waals surface area (Å²) in [6.07, 6.45) is -3.90. The molecule has 0 amide bonds. The molecule has 0 aromatic carbocycles. The molecule has 0 aliphatic rings. The molecule has 11 heteroatoms. The van der Waals surface area contributed by atoms with Crippen molar-refractivity contribution in [1.29, 1.82) is 0 Å². The van der Waals surface area contributed by atoms with Crippen LogP contribution in [0.25, 0.3) is 0 Å². The number of hydrogen-bond donors (Lipinski definition) is 6. The fourth-order valence-electron chi connectivity index (χ4n) is 1.91. The van der Waals surface area contributed by atoms with Crippen molar-refractivity contribution in [2.45, 2.75) is 36.8 Å². The number of nitrogens with two attached hydrogens (primary N) is 2. The van der Waals surface area contributed by atoms with Gasteiger partial charge in [-0.25, -0.2) is 0 Å². The Bertz CT molecular complexity index is 367. The first-order chi connectivity index (χ1) is 8.92. The molecule has 0 rings (SSSR count). The van der Waals surface area contributed by atoms with Crippen LogP contribution >= 0.6 is 0 Å². The van der Waals surface area contributed by atoms with E-state index in [2.05, 4.69) is 0 Å². The molecule has 0 saturated heterocycles.